The molecule has 0 saturated heterocycles. The highest BCUT2D eigenvalue weighted by Gasteiger charge is 2.10. The second kappa shape index (κ2) is 6.61. The molecule has 122 valence electrons. The molecule has 0 aliphatic rings. The molecule has 0 radical (unpaired) electrons. The van der Waals surface area contributed by atoms with Crippen LogP contribution in [0.25, 0.3) is 11.1 Å². The standard InChI is InChI=1S/C21H16N2O2/c24-21(16-9-5-2-6-10-16)22-17-11-12-19-18(14-17)23-20(25-19)13-15-7-3-1-4-8-15/h1-12,14H,13H2,(H,22,24). The average molecular weight is 328 g/mol. The molecule has 0 aliphatic carbocycles. The molecule has 0 aliphatic heterocycles. The Bertz CT molecular complexity index is 1010. The summed E-state index contributed by atoms with van der Waals surface area (Å²) in [5, 5.41) is 2.89. The predicted molar refractivity (Wildman–Crippen MR) is 97.7 cm³/mol. The number of oxazole rings is 1. The number of carbonyl (C=O) groups excluding carboxylic acids is 1. The van der Waals surface area contributed by atoms with Crippen molar-refractivity contribution in [2.75, 3.05) is 5.32 Å². The Hall–Kier alpha value is -3.40. The van der Waals surface area contributed by atoms with E-state index in [0.717, 1.165) is 11.1 Å². The molecule has 4 nitrogen and oxygen atoms in total. The van der Waals surface area contributed by atoms with E-state index in [9.17, 15) is 4.79 Å². The van der Waals surface area contributed by atoms with Gasteiger partial charge in [-0.1, -0.05) is 48.5 Å². The summed E-state index contributed by atoms with van der Waals surface area (Å²) >= 11 is 0. The Morgan fingerprint density at radius 3 is 2.40 bits per heavy atom. The van der Waals surface area contributed by atoms with Crippen LogP contribution in [0, 0.1) is 0 Å². The number of anilines is 1. The van der Waals surface area contributed by atoms with Crippen LogP contribution < -0.4 is 5.32 Å². The Kier molecular flexibility index (Phi) is 4.01. The van der Waals surface area contributed by atoms with Gasteiger partial charge in [0, 0.05) is 17.7 Å². The molecule has 3 aromatic carbocycles. The fourth-order valence-electron chi connectivity index (χ4n) is 2.69. The average Bonchev–Trinajstić information content (AvgIpc) is 3.04. The van der Waals surface area contributed by atoms with Gasteiger partial charge in [0.05, 0.1) is 0 Å². The zero-order valence-corrected chi connectivity index (χ0v) is 13.5. The van der Waals surface area contributed by atoms with E-state index < -0.39 is 0 Å². The van der Waals surface area contributed by atoms with Crippen molar-refractivity contribution >= 4 is 22.7 Å². The first-order valence-electron chi connectivity index (χ1n) is 8.08. The lowest BCUT2D eigenvalue weighted by atomic mass is 10.1. The maximum atomic E-state index is 12.2. The fourth-order valence-corrected chi connectivity index (χ4v) is 2.69. The van der Waals surface area contributed by atoms with Crippen molar-refractivity contribution in [2.45, 2.75) is 6.42 Å². The summed E-state index contributed by atoms with van der Waals surface area (Å²) in [6.45, 7) is 0. The smallest absolute Gasteiger partial charge is 0.255 e. The van der Waals surface area contributed by atoms with Crippen LogP contribution in [0.1, 0.15) is 21.8 Å². The summed E-state index contributed by atoms with van der Waals surface area (Å²) in [6.07, 6.45) is 0.640. The Labute approximate surface area is 145 Å². The van der Waals surface area contributed by atoms with E-state index in [0.29, 0.717) is 29.1 Å². The maximum Gasteiger partial charge on any atom is 0.255 e. The van der Waals surface area contributed by atoms with Gasteiger partial charge in [0.2, 0.25) is 0 Å². The molecule has 4 aromatic rings. The van der Waals surface area contributed by atoms with Crippen molar-refractivity contribution in [2.24, 2.45) is 0 Å². The number of benzene rings is 3. The van der Waals surface area contributed by atoms with Crippen LogP contribution in [0.2, 0.25) is 0 Å². The number of carbonyl (C=O) groups is 1. The minimum atomic E-state index is -0.145. The molecule has 0 bridgehead atoms. The molecule has 1 N–H and O–H groups in total. The molecular weight excluding hydrogens is 312 g/mol. The SMILES string of the molecule is O=C(Nc1ccc2oc(Cc3ccccc3)nc2c1)c1ccccc1. The summed E-state index contributed by atoms with van der Waals surface area (Å²) in [4.78, 5) is 16.8. The van der Waals surface area contributed by atoms with E-state index in [2.05, 4.69) is 10.3 Å². The quantitative estimate of drug-likeness (QED) is 0.592. The third kappa shape index (κ3) is 3.43. The largest absolute Gasteiger partial charge is 0.440 e. The molecule has 0 fully saturated rings. The number of aromatic nitrogens is 1. The van der Waals surface area contributed by atoms with Crippen LogP contribution in [-0.2, 0) is 6.42 Å². The molecule has 1 amide bonds. The van der Waals surface area contributed by atoms with Gasteiger partial charge in [0.25, 0.3) is 5.91 Å². The van der Waals surface area contributed by atoms with Gasteiger partial charge in [-0.3, -0.25) is 4.79 Å². The van der Waals surface area contributed by atoms with Crippen LogP contribution in [0.15, 0.2) is 83.3 Å². The molecule has 0 atom stereocenters. The molecule has 0 spiro atoms. The lowest BCUT2D eigenvalue weighted by molar-refractivity contribution is 0.102. The van der Waals surface area contributed by atoms with Gasteiger partial charge < -0.3 is 9.73 Å². The molecule has 4 heteroatoms. The van der Waals surface area contributed by atoms with Crippen molar-refractivity contribution in [3.63, 3.8) is 0 Å². The van der Waals surface area contributed by atoms with Crippen molar-refractivity contribution in [3.8, 4) is 0 Å². The van der Waals surface area contributed by atoms with Crippen molar-refractivity contribution < 1.29 is 9.21 Å². The monoisotopic (exact) mass is 328 g/mol. The first-order chi connectivity index (χ1) is 12.3. The van der Waals surface area contributed by atoms with Gasteiger partial charge >= 0.3 is 0 Å². The summed E-state index contributed by atoms with van der Waals surface area (Å²) < 4.78 is 5.79. The lowest BCUT2D eigenvalue weighted by Crippen LogP contribution is -2.11. The number of amides is 1. The predicted octanol–water partition coefficient (Wildman–Crippen LogP) is 4.67. The van der Waals surface area contributed by atoms with E-state index in [-0.39, 0.29) is 5.91 Å². The Morgan fingerprint density at radius 1 is 0.920 bits per heavy atom. The van der Waals surface area contributed by atoms with E-state index in [1.54, 1.807) is 12.1 Å². The van der Waals surface area contributed by atoms with E-state index in [1.165, 1.54) is 0 Å². The number of nitrogens with one attached hydrogen (secondary N) is 1. The molecule has 25 heavy (non-hydrogen) atoms. The normalized spacial score (nSPS) is 10.7. The minimum Gasteiger partial charge on any atom is -0.440 e. The first kappa shape index (κ1) is 15.1. The summed E-state index contributed by atoms with van der Waals surface area (Å²) in [6, 6.07) is 24.7. The first-order valence-corrected chi connectivity index (χ1v) is 8.08. The lowest BCUT2D eigenvalue weighted by Gasteiger charge is -2.04. The number of hydrogen-bond donors (Lipinski definition) is 1. The number of hydrogen-bond acceptors (Lipinski definition) is 3. The molecule has 0 saturated carbocycles. The van der Waals surface area contributed by atoms with Crippen LogP contribution >= 0.6 is 0 Å². The van der Waals surface area contributed by atoms with Crippen LogP contribution in [0.4, 0.5) is 5.69 Å². The zero-order valence-electron chi connectivity index (χ0n) is 13.5. The molecule has 0 unspecified atom stereocenters. The van der Waals surface area contributed by atoms with Gasteiger partial charge in [-0.25, -0.2) is 4.98 Å². The Balaban J connectivity index is 1.55. The second-order valence-electron chi connectivity index (χ2n) is 5.77. The Morgan fingerprint density at radius 2 is 1.64 bits per heavy atom. The van der Waals surface area contributed by atoms with E-state index in [1.807, 2.05) is 66.7 Å². The second-order valence-corrected chi connectivity index (χ2v) is 5.77. The highest BCUT2D eigenvalue weighted by Crippen LogP contribution is 2.22. The number of nitrogens with zero attached hydrogens (tertiary/aromatic N) is 1. The van der Waals surface area contributed by atoms with Crippen molar-refractivity contribution in [1.29, 1.82) is 0 Å². The topological polar surface area (TPSA) is 55.1 Å². The van der Waals surface area contributed by atoms with E-state index in [4.69, 9.17) is 4.42 Å². The van der Waals surface area contributed by atoms with Crippen LogP contribution in [0.3, 0.4) is 0 Å². The summed E-state index contributed by atoms with van der Waals surface area (Å²) in [5.74, 6) is 0.515. The van der Waals surface area contributed by atoms with Crippen LogP contribution in [-0.4, -0.2) is 10.9 Å². The van der Waals surface area contributed by atoms with Crippen LogP contribution in [0.5, 0.6) is 0 Å². The maximum absolute atomic E-state index is 12.2. The number of rotatable bonds is 4. The van der Waals surface area contributed by atoms with E-state index >= 15 is 0 Å². The highest BCUT2D eigenvalue weighted by atomic mass is 16.3. The highest BCUT2D eigenvalue weighted by molar-refractivity contribution is 6.04. The van der Waals surface area contributed by atoms with Gasteiger partial charge in [-0.15, -0.1) is 0 Å². The van der Waals surface area contributed by atoms with Gasteiger partial charge in [0.1, 0.15) is 5.52 Å². The molecule has 4 rings (SSSR count). The summed E-state index contributed by atoms with van der Waals surface area (Å²) in [5.41, 5.74) is 3.90. The van der Waals surface area contributed by atoms with Gasteiger partial charge in [-0.2, -0.15) is 0 Å². The molecule has 1 heterocycles. The van der Waals surface area contributed by atoms with Crippen molar-refractivity contribution in [1.82, 2.24) is 4.98 Å². The van der Waals surface area contributed by atoms with Gasteiger partial charge in [-0.05, 0) is 35.9 Å². The summed E-state index contributed by atoms with van der Waals surface area (Å²) in [7, 11) is 0. The number of fused-ring (bicyclic) bond motifs is 1. The minimum absolute atomic E-state index is 0.145. The molecule has 1 aromatic heterocycles. The zero-order chi connectivity index (χ0) is 17.1. The third-order valence-electron chi connectivity index (χ3n) is 3.92. The third-order valence-corrected chi connectivity index (χ3v) is 3.92. The molecular formula is C21H16N2O2. The fraction of sp³-hybridized carbons (Fsp3) is 0.0476. The van der Waals surface area contributed by atoms with Gasteiger partial charge in [0.15, 0.2) is 11.5 Å². The van der Waals surface area contributed by atoms with Crippen molar-refractivity contribution in [3.05, 3.63) is 95.9 Å².